The van der Waals surface area contributed by atoms with Crippen LogP contribution in [0.4, 0.5) is 5.69 Å². The fourth-order valence-corrected chi connectivity index (χ4v) is 1.84. The molecule has 1 saturated heterocycles. The zero-order valence-corrected chi connectivity index (χ0v) is 10.5. The summed E-state index contributed by atoms with van der Waals surface area (Å²) < 4.78 is 4.62. The third-order valence-electron chi connectivity index (χ3n) is 2.88. The van der Waals surface area contributed by atoms with Crippen molar-refractivity contribution in [2.24, 2.45) is 0 Å². The lowest BCUT2D eigenvalue weighted by Crippen LogP contribution is -2.33. The molecule has 2 rings (SSSR count). The van der Waals surface area contributed by atoms with Crippen molar-refractivity contribution in [3.8, 4) is 0 Å². The van der Waals surface area contributed by atoms with Gasteiger partial charge in [0, 0.05) is 18.5 Å². The molecular formula is C13H14N2O4. The molecule has 0 spiro atoms. The highest BCUT2D eigenvalue weighted by Gasteiger charge is 2.28. The highest BCUT2D eigenvalue weighted by molar-refractivity contribution is 6.02. The first-order valence-electron chi connectivity index (χ1n) is 5.87. The molecule has 6 heteroatoms. The molecule has 1 fully saturated rings. The van der Waals surface area contributed by atoms with Gasteiger partial charge < -0.3 is 10.1 Å². The molecule has 0 unspecified atom stereocenters. The maximum absolute atomic E-state index is 11.4. The lowest BCUT2D eigenvalue weighted by Gasteiger charge is -2.15. The zero-order valence-electron chi connectivity index (χ0n) is 10.5. The van der Waals surface area contributed by atoms with E-state index in [4.69, 9.17) is 0 Å². The van der Waals surface area contributed by atoms with Crippen LogP contribution in [-0.4, -0.2) is 36.5 Å². The van der Waals surface area contributed by atoms with Gasteiger partial charge in [-0.15, -0.1) is 0 Å². The molecule has 1 aliphatic heterocycles. The minimum atomic E-state index is -0.433. The van der Waals surface area contributed by atoms with Crippen molar-refractivity contribution in [1.29, 1.82) is 0 Å². The third-order valence-corrected chi connectivity index (χ3v) is 2.88. The fourth-order valence-electron chi connectivity index (χ4n) is 1.84. The number of rotatable bonds is 4. The summed E-state index contributed by atoms with van der Waals surface area (Å²) in [5.74, 6) is -0.791. The maximum atomic E-state index is 11.4. The van der Waals surface area contributed by atoms with Gasteiger partial charge in [0.15, 0.2) is 0 Å². The van der Waals surface area contributed by atoms with Gasteiger partial charge >= 0.3 is 5.97 Å². The van der Waals surface area contributed by atoms with Crippen LogP contribution in [0.15, 0.2) is 24.3 Å². The van der Waals surface area contributed by atoms with Crippen molar-refractivity contribution in [3.63, 3.8) is 0 Å². The molecule has 1 aromatic rings. The maximum Gasteiger partial charge on any atom is 0.337 e. The first-order valence-corrected chi connectivity index (χ1v) is 5.87. The van der Waals surface area contributed by atoms with E-state index in [2.05, 4.69) is 10.1 Å². The number of esters is 1. The summed E-state index contributed by atoms with van der Waals surface area (Å²) >= 11 is 0. The number of benzene rings is 1. The van der Waals surface area contributed by atoms with Crippen LogP contribution in [0.3, 0.4) is 0 Å². The monoisotopic (exact) mass is 262 g/mol. The molecule has 0 aromatic heterocycles. The number of hydrogen-bond acceptors (Lipinski definition) is 5. The van der Waals surface area contributed by atoms with E-state index in [0.29, 0.717) is 11.3 Å². The van der Waals surface area contributed by atoms with Crippen molar-refractivity contribution in [3.05, 3.63) is 29.8 Å². The van der Waals surface area contributed by atoms with Crippen molar-refractivity contribution in [2.75, 3.05) is 19.1 Å². The quantitative estimate of drug-likeness (QED) is 0.647. The normalized spacial score (nSPS) is 14.7. The average Bonchev–Trinajstić information content (AvgIpc) is 2.75. The van der Waals surface area contributed by atoms with Gasteiger partial charge in [0.2, 0.25) is 11.8 Å². The van der Waals surface area contributed by atoms with Crippen LogP contribution in [0.25, 0.3) is 0 Å². The molecule has 0 atom stereocenters. The molecule has 1 aromatic carbocycles. The number of amides is 2. The predicted octanol–water partition coefficient (Wildman–Crippen LogP) is 0.992. The van der Waals surface area contributed by atoms with E-state index in [1.54, 1.807) is 24.3 Å². The van der Waals surface area contributed by atoms with Gasteiger partial charge in [-0.1, -0.05) is 6.07 Å². The van der Waals surface area contributed by atoms with Crippen LogP contribution >= 0.6 is 0 Å². The topological polar surface area (TPSA) is 75.7 Å². The number of carbonyl (C=O) groups is 3. The molecule has 0 radical (unpaired) electrons. The Kier molecular flexibility index (Phi) is 3.79. The second-order valence-corrected chi connectivity index (χ2v) is 4.12. The van der Waals surface area contributed by atoms with Crippen LogP contribution in [0.2, 0.25) is 0 Å². The molecule has 0 bridgehead atoms. The Hall–Kier alpha value is -2.37. The standard InChI is InChI=1S/C13H14N2O4/c1-19-13(18)9-3-2-4-10(7-9)14-8-15-11(16)5-6-12(15)17/h2-4,7,14H,5-6,8H2,1H3. The number of carbonyl (C=O) groups excluding carboxylic acids is 3. The highest BCUT2D eigenvalue weighted by atomic mass is 16.5. The first-order chi connectivity index (χ1) is 9.11. The predicted molar refractivity (Wildman–Crippen MR) is 67.4 cm³/mol. The molecular weight excluding hydrogens is 248 g/mol. The number of ether oxygens (including phenoxy) is 1. The SMILES string of the molecule is COC(=O)c1cccc(NCN2C(=O)CCC2=O)c1. The minimum absolute atomic E-state index is 0.113. The Labute approximate surface area is 110 Å². The Morgan fingerprint density at radius 1 is 1.32 bits per heavy atom. The Balaban J connectivity index is 2.01. The molecule has 100 valence electrons. The van der Waals surface area contributed by atoms with Crippen molar-refractivity contribution >= 4 is 23.5 Å². The van der Waals surface area contributed by atoms with E-state index in [0.717, 1.165) is 0 Å². The van der Waals surface area contributed by atoms with E-state index in [1.807, 2.05) is 0 Å². The van der Waals surface area contributed by atoms with Crippen molar-refractivity contribution in [1.82, 2.24) is 4.90 Å². The first kappa shape index (κ1) is 13.1. The van der Waals surface area contributed by atoms with Gasteiger partial charge in [0.25, 0.3) is 0 Å². The van der Waals surface area contributed by atoms with Crippen LogP contribution in [0.1, 0.15) is 23.2 Å². The lowest BCUT2D eigenvalue weighted by molar-refractivity contribution is -0.137. The summed E-state index contributed by atoms with van der Waals surface area (Å²) in [4.78, 5) is 35.4. The van der Waals surface area contributed by atoms with Gasteiger partial charge in [-0.25, -0.2) is 4.79 Å². The van der Waals surface area contributed by atoms with Crippen LogP contribution in [0, 0.1) is 0 Å². The third kappa shape index (κ3) is 2.90. The lowest BCUT2D eigenvalue weighted by atomic mass is 10.2. The van der Waals surface area contributed by atoms with Crippen molar-refractivity contribution < 1.29 is 19.1 Å². The summed E-state index contributed by atoms with van der Waals surface area (Å²) in [6.45, 7) is 0.113. The zero-order chi connectivity index (χ0) is 13.8. The fraction of sp³-hybridized carbons (Fsp3) is 0.308. The van der Waals surface area contributed by atoms with E-state index < -0.39 is 5.97 Å². The number of nitrogens with zero attached hydrogens (tertiary/aromatic N) is 1. The molecule has 1 heterocycles. The number of likely N-dealkylation sites (tertiary alicyclic amines) is 1. The Bertz CT molecular complexity index is 511. The molecule has 0 aliphatic carbocycles. The molecule has 2 amide bonds. The van der Waals surface area contributed by atoms with Crippen LogP contribution in [-0.2, 0) is 14.3 Å². The van der Waals surface area contributed by atoms with E-state index >= 15 is 0 Å². The van der Waals surface area contributed by atoms with Gasteiger partial charge in [0.1, 0.15) is 0 Å². The summed E-state index contributed by atoms with van der Waals surface area (Å²) in [7, 11) is 1.31. The van der Waals surface area contributed by atoms with Gasteiger partial charge in [-0.05, 0) is 18.2 Å². The Morgan fingerprint density at radius 3 is 2.63 bits per heavy atom. The largest absolute Gasteiger partial charge is 0.465 e. The smallest absolute Gasteiger partial charge is 0.337 e. The summed E-state index contributed by atoms with van der Waals surface area (Å²) in [6.07, 6.45) is 0.533. The van der Waals surface area contributed by atoms with Gasteiger partial charge in [0.05, 0.1) is 19.3 Å². The minimum Gasteiger partial charge on any atom is -0.465 e. The second-order valence-electron chi connectivity index (χ2n) is 4.12. The summed E-state index contributed by atoms with van der Waals surface area (Å²) in [5.41, 5.74) is 1.06. The van der Waals surface area contributed by atoms with Gasteiger partial charge in [-0.2, -0.15) is 0 Å². The van der Waals surface area contributed by atoms with Crippen molar-refractivity contribution in [2.45, 2.75) is 12.8 Å². The summed E-state index contributed by atoms with van der Waals surface area (Å²) in [5, 5.41) is 2.94. The number of nitrogens with one attached hydrogen (secondary N) is 1. The molecule has 1 N–H and O–H groups in total. The van der Waals surface area contributed by atoms with E-state index in [-0.39, 0.29) is 31.3 Å². The number of hydrogen-bond donors (Lipinski definition) is 1. The highest BCUT2D eigenvalue weighted by Crippen LogP contribution is 2.14. The Morgan fingerprint density at radius 2 is 2.00 bits per heavy atom. The molecule has 19 heavy (non-hydrogen) atoms. The van der Waals surface area contributed by atoms with E-state index in [9.17, 15) is 14.4 Å². The number of methoxy groups -OCH3 is 1. The van der Waals surface area contributed by atoms with Gasteiger partial charge in [-0.3, -0.25) is 14.5 Å². The number of imide groups is 1. The molecule has 1 aliphatic rings. The van der Waals surface area contributed by atoms with Crippen LogP contribution < -0.4 is 5.32 Å². The molecule has 0 saturated carbocycles. The molecule has 6 nitrogen and oxygen atoms in total. The average molecular weight is 262 g/mol. The van der Waals surface area contributed by atoms with Crippen LogP contribution in [0.5, 0.6) is 0 Å². The number of anilines is 1. The second kappa shape index (κ2) is 5.51. The van der Waals surface area contributed by atoms with E-state index in [1.165, 1.54) is 12.0 Å². The summed E-state index contributed by atoms with van der Waals surface area (Å²) in [6, 6.07) is 6.68.